The van der Waals surface area contributed by atoms with E-state index in [1.165, 1.54) is 12.1 Å². The molecule has 1 N–H and O–H groups in total. The Morgan fingerprint density at radius 3 is 3.06 bits per heavy atom. The first-order chi connectivity index (χ1) is 8.15. The molecule has 2 unspecified atom stereocenters. The van der Waals surface area contributed by atoms with E-state index in [1.807, 2.05) is 0 Å². The van der Waals surface area contributed by atoms with Crippen LogP contribution in [0.1, 0.15) is 25.2 Å². The Morgan fingerprint density at radius 2 is 2.35 bits per heavy atom. The average Bonchev–Trinajstić information content (AvgIpc) is 2.85. The number of hydrogen-bond donors (Lipinski definition) is 1. The normalized spacial score (nSPS) is 24.6. The molecule has 1 aromatic heterocycles. The van der Waals surface area contributed by atoms with Gasteiger partial charge in [0.05, 0.1) is 10.9 Å². The van der Waals surface area contributed by atoms with Gasteiger partial charge in [-0.05, 0) is 26.0 Å². The zero-order valence-corrected chi connectivity index (χ0v) is 10.1. The average molecular weight is 255 g/mol. The molecule has 17 heavy (non-hydrogen) atoms. The van der Waals surface area contributed by atoms with Crippen LogP contribution in [-0.2, 0) is 0 Å². The van der Waals surface area contributed by atoms with Crippen molar-refractivity contribution in [3.63, 3.8) is 0 Å². The molecule has 1 aromatic carbocycles. The molecular formula is C12H12ClFN2O. The smallest absolute Gasteiger partial charge is 0.200 e. The molecule has 3 nitrogen and oxygen atoms in total. The van der Waals surface area contributed by atoms with Crippen LogP contribution in [0.5, 0.6) is 0 Å². The zero-order valence-electron chi connectivity index (χ0n) is 9.34. The van der Waals surface area contributed by atoms with Crippen LogP contribution in [-0.4, -0.2) is 17.6 Å². The van der Waals surface area contributed by atoms with E-state index < -0.39 is 5.82 Å². The summed E-state index contributed by atoms with van der Waals surface area (Å²) in [5, 5.41) is 3.41. The molecule has 1 aliphatic rings. The maximum absolute atomic E-state index is 13.3. The van der Waals surface area contributed by atoms with Gasteiger partial charge in [0, 0.05) is 12.1 Å². The van der Waals surface area contributed by atoms with Gasteiger partial charge in [0.25, 0.3) is 0 Å². The van der Waals surface area contributed by atoms with Crippen LogP contribution in [0.2, 0.25) is 5.02 Å². The van der Waals surface area contributed by atoms with Crippen LogP contribution >= 0.6 is 11.6 Å². The van der Waals surface area contributed by atoms with Crippen LogP contribution < -0.4 is 5.32 Å². The monoisotopic (exact) mass is 254 g/mol. The van der Waals surface area contributed by atoms with E-state index in [9.17, 15) is 4.39 Å². The summed E-state index contributed by atoms with van der Waals surface area (Å²) in [5.41, 5.74) is 1.08. The summed E-state index contributed by atoms with van der Waals surface area (Å²) in [6.45, 7) is 3.06. The minimum atomic E-state index is -0.473. The molecule has 0 bridgehead atoms. The predicted molar refractivity (Wildman–Crippen MR) is 63.8 cm³/mol. The summed E-state index contributed by atoms with van der Waals surface area (Å²) < 4.78 is 18.9. The Bertz CT molecular complexity index is 530. The maximum Gasteiger partial charge on any atom is 0.200 e. The van der Waals surface area contributed by atoms with Gasteiger partial charge in [0.15, 0.2) is 11.5 Å². The van der Waals surface area contributed by atoms with Gasteiger partial charge >= 0.3 is 0 Å². The summed E-state index contributed by atoms with van der Waals surface area (Å²) in [4.78, 5) is 4.39. The molecule has 1 fully saturated rings. The summed E-state index contributed by atoms with van der Waals surface area (Å²) in [7, 11) is 0. The molecule has 3 rings (SSSR count). The lowest BCUT2D eigenvalue weighted by atomic mass is 10.0. The SMILES string of the molecule is CC1NCCC1c1nc2cc(Cl)c(F)cc2o1. The van der Waals surface area contributed by atoms with Crippen molar-refractivity contribution in [2.45, 2.75) is 25.3 Å². The van der Waals surface area contributed by atoms with E-state index in [0.717, 1.165) is 13.0 Å². The second-order valence-corrected chi connectivity index (χ2v) is 4.83. The maximum atomic E-state index is 13.3. The molecule has 0 amide bonds. The third-order valence-electron chi connectivity index (χ3n) is 3.29. The van der Waals surface area contributed by atoms with Crippen LogP contribution in [0.15, 0.2) is 16.5 Å². The molecule has 2 heterocycles. The second-order valence-electron chi connectivity index (χ2n) is 4.42. The highest BCUT2D eigenvalue weighted by molar-refractivity contribution is 6.31. The molecular weight excluding hydrogens is 243 g/mol. The van der Waals surface area contributed by atoms with Crippen molar-refractivity contribution in [1.29, 1.82) is 0 Å². The highest BCUT2D eigenvalue weighted by Crippen LogP contribution is 2.31. The van der Waals surface area contributed by atoms with Crippen molar-refractivity contribution in [3.05, 3.63) is 28.9 Å². The van der Waals surface area contributed by atoms with E-state index >= 15 is 0 Å². The van der Waals surface area contributed by atoms with Gasteiger partial charge in [0.2, 0.25) is 0 Å². The Morgan fingerprint density at radius 1 is 1.53 bits per heavy atom. The van der Waals surface area contributed by atoms with Crippen molar-refractivity contribution in [1.82, 2.24) is 10.3 Å². The number of hydrogen-bond acceptors (Lipinski definition) is 3. The lowest BCUT2D eigenvalue weighted by molar-refractivity contribution is 0.446. The van der Waals surface area contributed by atoms with Crippen LogP contribution in [0.25, 0.3) is 11.1 Å². The molecule has 0 aliphatic carbocycles. The fourth-order valence-electron chi connectivity index (χ4n) is 2.30. The first-order valence-electron chi connectivity index (χ1n) is 5.64. The fraction of sp³-hybridized carbons (Fsp3) is 0.417. The number of halogens is 2. The van der Waals surface area contributed by atoms with Crippen molar-refractivity contribution in [3.8, 4) is 0 Å². The van der Waals surface area contributed by atoms with Crippen molar-refractivity contribution in [2.75, 3.05) is 6.54 Å². The van der Waals surface area contributed by atoms with E-state index in [1.54, 1.807) is 0 Å². The zero-order chi connectivity index (χ0) is 12.0. The van der Waals surface area contributed by atoms with E-state index in [2.05, 4.69) is 17.2 Å². The standard InChI is InChI=1S/C12H12ClFN2O/c1-6-7(2-3-15-6)12-16-10-4-8(13)9(14)5-11(10)17-12/h4-7,15H,2-3H2,1H3. The quantitative estimate of drug-likeness (QED) is 0.850. The van der Waals surface area contributed by atoms with Crippen molar-refractivity contribution in [2.24, 2.45) is 0 Å². The molecule has 5 heteroatoms. The topological polar surface area (TPSA) is 38.1 Å². The summed E-state index contributed by atoms with van der Waals surface area (Å²) in [5.74, 6) is 0.447. The minimum absolute atomic E-state index is 0.0787. The third kappa shape index (κ3) is 1.81. The lowest BCUT2D eigenvalue weighted by Gasteiger charge is -2.09. The molecule has 0 spiro atoms. The molecule has 1 saturated heterocycles. The van der Waals surface area contributed by atoms with Crippen molar-refractivity contribution >= 4 is 22.7 Å². The van der Waals surface area contributed by atoms with Crippen LogP contribution in [0, 0.1) is 5.82 Å². The minimum Gasteiger partial charge on any atom is -0.440 e. The largest absolute Gasteiger partial charge is 0.440 e. The second kappa shape index (κ2) is 3.96. The number of nitrogens with one attached hydrogen (secondary N) is 1. The number of aromatic nitrogens is 1. The number of benzene rings is 1. The molecule has 2 aromatic rings. The Kier molecular flexibility index (Phi) is 2.56. The Balaban J connectivity index is 2.07. The van der Waals surface area contributed by atoms with E-state index in [4.69, 9.17) is 16.0 Å². The molecule has 0 saturated carbocycles. The van der Waals surface area contributed by atoms with Gasteiger partial charge in [-0.15, -0.1) is 0 Å². The van der Waals surface area contributed by atoms with Gasteiger partial charge in [0.1, 0.15) is 11.3 Å². The first kappa shape index (κ1) is 11.0. The summed E-state index contributed by atoms with van der Waals surface area (Å²) in [6.07, 6.45) is 0.990. The summed E-state index contributed by atoms with van der Waals surface area (Å²) >= 11 is 5.72. The van der Waals surface area contributed by atoms with Crippen LogP contribution in [0.4, 0.5) is 4.39 Å². The van der Waals surface area contributed by atoms with Crippen LogP contribution in [0.3, 0.4) is 0 Å². The molecule has 1 aliphatic heterocycles. The highest BCUT2D eigenvalue weighted by Gasteiger charge is 2.28. The Labute approximate surface area is 103 Å². The lowest BCUT2D eigenvalue weighted by Crippen LogP contribution is -2.21. The van der Waals surface area contributed by atoms with Gasteiger partial charge < -0.3 is 9.73 Å². The fourth-order valence-corrected chi connectivity index (χ4v) is 2.45. The molecule has 0 radical (unpaired) electrons. The van der Waals surface area contributed by atoms with Gasteiger partial charge in [-0.2, -0.15) is 0 Å². The third-order valence-corrected chi connectivity index (χ3v) is 3.58. The molecule has 90 valence electrons. The highest BCUT2D eigenvalue weighted by atomic mass is 35.5. The predicted octanol–water partition coefficient (Wildman–Crippen LogP) is 3.09. The van der Waals surface area contributed by atoms with E-state index in [-0.39, 0.29) is 10.9 Å². The van der Waals surface area contributed by atoms with Gasteiger partial charge in [-0.1, -0.05) is 11.6 Å². The van der Waals surface area contributed by atoms with Gasteiger partial charge in [-0.3, -0.25) is 0 Å². The Hall–Kier alpha value is -1.13. The first-order valence-corrected chi connectivity index (χ1v) is 6.02. The number of nitrogens with zero attached hydrogens (tertiary/aromatic N) is 1. The summed E-state index contributed by atoms with van der Waals surface area (Å²) in [6, 6.07) is 3.14. The number of oxazole rings is 1. The molecule has 2 atom stereocenters. The number of rotatable bonds is 1. The number of fused-ring (bicyclic) bond motifs is 1. The van der Waals surface area contributed by atoms with Crippen molar-refractivity contribution < 1.29 is 8.81 Å². The van der Waals surface area contributed by atoms with E-state index in [0.29, 0.717) is 23.0 Å². The van der Waals surface area contributed by atoms with Gasteiger partial charge in [-0.25, -0.2) is 9.37 Å².